The van der Waals surface area contributed by atoms with E-state index in [0.29, 0.717) is 23.6 Å². The number of hydrogen-bond acceptors (Lipinski definition) is 3. The Balaban J connectivity index is 1.35. The summed E-state index contributed by atoms with van der Waals surface area (Å²) in [6.07, 6.45) is 13.7. The molecular weight excluding hydrogens is 350 g/mol. The van der Waals surface area contributed by atoms with Gasteiger partial charge in [-0.2, -0.15) is 0 Å². The molecule has 2 amide bonds. The Labute approximate surface area is 167 Å². The van der Waals surface area contributed by atoms with Crippen LogP contribution in [0.25, 0.3) is 0 Å². The molecule has 5 nitrogen and oxygen atoms in total. The number of carbonyl (C=O) groups is 2. The summed E-state index contributed by atoms with van der Waals surface area (Å²) in [6, 6.07) is 5.79. The zero-order valence-electron chi connectivity index (χ0n) is 16.6. The molecule has 5 heteroatoms. The van der Waals surface area contributed by atoms with E-state index in [-0.39, 0.29) is 22.8 Å². The molecule has 1 aromatic rings. The molecule has 4 bridgehead atoms. The lowest BCUT2D eigenvalue weighted by atomic mass is 9.46. The smallest absolute Gasteiger partial charge is 0.270 e. The molecule has 5 saturated carbocycles. The molecule has 0 aliphatic heterocycles. The third-order valence-electron chi connectivity index (χ3n) is 7.76. The van der Waals surface area contributed by atoms with Crippen LogP contribution in [0.2, 0.25) is 0 Å². The largest absolute Gasteiger partial charge is 0.353 e. The van der Waals surface area contributed by atoms with Gasteiger partial charge < -0.3 is 10.6 Å². The first kappa shape index (κ1) is 18.1. The molecule has 5 aliphatic carbocycles. The van der Waals surface area contributed by atoms with E-state index >= 15 is 0 Å². The van der Waals surface area contributed by atoms with Gasteiger partial charge in [-0.3, -0.25) is 14.6 Å². The van der Waals surface area contributed by atoms with Crippen LogP contribution in [0, 0.1) is 17.3 Å². The van der Waals surface area contributed by atoms with Crippen LogP contribution in [-0.2, 0) is 4.79 Å². The third kappa shape index (κ3) is 3.23. The minimum Gasteiger partial charge on any atom is -0.353 e. The van der Waals surface area contributed by atoms with Crippen molar-refractivity contribution in [3.8, 4) is 0 Å². The van der Waals surface area contributed by atoms with Gasteiger partial charge in [0.05, 0.1) is 5.41 Å². The molecule has 2 unspecified atom stereocenters. The predicted octanol–water partition coefficient (Wildman–Crippen LogP) is 3.60. The Kier molecular flexibility index (Phi) is 4.44. The molecule has 0 spiro atoms. The highest BCUT2D eigenvalue weighted by Gasteiger charge is 2.61. The minimum atomic E-state index is -0.279. The molecule has 2 N–H and O–H groups in total. The zero-order chi connectivity index (χ0) is 19.2. The normalized spacial score (nSPS) is 36.9. The number of rotatable bonds is 4. The summed E-state index contributed by atoms with van der Waals surface area (Å²) in [5.41, 5.74) is -0.0411. The first-order valence-electron chi connectivity index (χ1n) is 11.1. The fourth-order valence-electron chi connectivity index (χ4n) is 7.06. The van der Waals surface area contributed by atoms with E-state index in [2.05, 4.69) is 15.6 Å². The number of carbonyl (C=O) groups excluding carboxylic acids is 2. The highest BCUT2D eigenvalue weighted by Crippen LogP contribution is 2.61. The van der Waals surface area contributed by atoms with Gasteiger partial charge in [-0.15, -0.1) is 0 Å². The van der Waals surface area contributed by atoms with Crippen molar-refractivity contribution in [2.75, 3.05) is 0 Å². The molecule has 0 aromatic carbocycles. The highest BCUT2D eigenvalue weighted by molar-refractivity contribution is 5.93. The Morgan fingerprint density at radius 3 is 2.43 bits per heavy atom. The van der Waals surface area contributed by atoms with E-state index in [1.54, 1.807) is 12.3 Å². The predicted molar refractivity (Wildman–Crippen MR) is 107 cm³/mol. The monoisotopic (exact) mass is 381 g/mol. The maximum Gasteiger partial charge on any atom is 0.270 e. The molecule has 1 aromatic heterocycles. The number of nitrogens with one attached hydrogen (secondary N) is 2. The van der Waals surface area contributed by atoms with Gasteiger partial charge in [-0.25, -0.2) is 0 Å². The van der Waals surface area contributed by atoms with Crippen molar-refractivity contribution in [1.82, 2.24) is 15.6 Å². The summed E-state index contributed by atoms with van der Waals surface area (Å²) in [5, 5.41) is 6.76. The van der Waals surface area contributed by atoms with Crippen LogP contribution in [-0.4, -0.2) is 28.4 Å². The second-order valence-corrected chi connectivity index (χ2v) is 10.00. The molecule has 0 radical (unpaired) electrons. The molecule has 150 valence electrons. The second kappa shape index (κ2) is 6.85. The van der Waals surface area contributed by atoms with Gasteiger partial charge in [-0.05, 0) is 75.3 Å². The summed E-state index contributed by atoms with van der Waals surface area (Å²) in [5.74, 6) is 1.29. The zero-order valence-corrected chi connectivity index (χ0v) is 16.6. The first-order chi connectivity index (χ1) is 13.6. The molecule has 6 rings (SSSR count). The van der Waals surface area contributed by atoms with Crippen LogP contribution in [0.1, 0.15) is 81.1 Å². The molecular formula is C23H31N3O2. The van der Waals surface area contributed by atoms with Crippen molar-refractivity contribution < 1.29 is 9.59 Å². The molecule has 5 fully saturated rings. The highest BCUT2D eigenvalue weighted by atomic mass is 16.2. The Morgan fingerprint density at radius 1 is 1.00 bits per heavy atom. The summed E-state index contributed by atoms with van der Waals surface area (Å²) in [6.45, 7) is 0. The Hall–Kier alpha value is -1.91. The van der Waals surface area contributed by atoms with E-state index in [1.165, 1.54) is 25.7 Å². The fourth-order valence-corrected chi connectivity index (χ4v) is 7.06. The Bertz CT molecular complexity index is 742. The standard InChI is InChI=1S/C23H31N3O2/c27-20(19-8-4-5-9-24-19)26-23-13-16-10-17(14-23)12-22(11-16,15-23)21(28)25-18-6-2-1-3-7-18/h4-5,8-9,16-18H,1-3,6-7,10-15H2,(H,25,28)(H,26,27). The van der Waals surface area contributed by atoms with Gasteiger partial charge in [0.15, 0.2) is 0 Å². The second-order valence-electron chi connectivity index (χ2n) is 10.00. The number of pyridine rings is 1. The number of aromatic nitrogens is 1. The minimum absolute atomic E-state index is 0.0922. The topological polar surface area (TPSA) is 71.1 Å². The van der Waals surface area contributed by atoms with Gasteiger partial charge >= 0.3 is 0 Å². The molecule has 5 aliphatic rings. The van der Waals surface area contributed by atoms with Crippen LogP contribution < -0.4 is 10.6 Å². The number of hydrogen-bond donors (Lipinski definition) is 2. The first-order valence-corrected chi connectivity index (χ1v) is 11.1. The summed E-state index contributed by atoms with van der Waals surface area (Å²) in [4.78, 5) is 30.5. The van der Waals surface area contributed by atoms with Crippen molar-refractivity contribution in [3.05, 3.63) is 30.1 Å². The van der Waals surface area contributed by atoms with Gasteiger partial charge in [0.1, 0.15) is 5.69 Å². The lowest BCUT2D eigenvalue weighted by Gasteiger charge is -2.61. The number of nitrogens with zero attached hydrogens (tertiary/aromatic N) is 1. The van der Waals surface area contributed by atoms with E-state index in [4.69, 9.17) is 0 Å². The average Bonchev–Trinajstić information content (AvgIpc) is 2.68. The van der Waals surface area contributed by atoms with Crippen molar-refractivity contribution in [2.24, 2.45) is 17.3 Å². The van der Waals surface area contributed by atoms with Crippen LogP contribution >= 0.6 is 0 Å². The van der Waals surface area contributed by atoms with Gasteiger partial charge in [0.25, 0.3) is 5.91 Å². The van der Waals surface area contributed by atoms with Crippen molar-refractivity contribution in [1.29, 1.82) is 0 Å². The van der Waals surface area contributed by atoms with Crippen molar-refractivity contribution >= 4 is 11.8 Å². The van der Waals surface area contributed by atoms with Gasteiger partial charge in [0.2, 0.25) is 5.91 Å². The maximum absolute atomic E-state index is 13.4. The van der Waals surface area contributed by atoms with E-state index < -0.39 is 0 Å². The molecule has 0 saturated heterocycles. The molecule has 28 heavy (non-hydrogen) atoms. The van der Waals surface area contributed by atoms with Crippen LogP contribution in [0.5, 0.6) is 0 Å². The Morgan fingerprint density at radius 2 is 1.75 bits per heavy atom. The lowest BCUT2D eigenvalue weighted by Crippen LogP contribution is -2.66. The quantitative estimate of drug-likeness (QED) is 0.837. The maximum atomic E-state index is 13.4. The van der Waals surface area contributed by atoms with Crippen LogP contribution in [0.3, 0.4) is 0 Å². The average molecular weight is 382 g/mol. The van der Waals surface area contributed by atoms with Crippen LogP contribution in [0.15, 0.2) is 24.4 Å². The van der Waals surface area contributed by atoms with E-state index in [1.807, 2.05) is 12.1 Å². The van der Waals surface area contributed by atoms with Crippen LogP contribution in [0.4, 0.5) is 0 Å². The van der Waals surface area contributed by atoms with E-state index in [9.17, 15) is 9.59 Å². The molecule has 1 heterocycles. The SMILES string of the molecule is O=C(NC12CC3CC(C1)CC(C(=O)NC1CCCCC1)(C3)C2)c1ccccn1. The summed E-state index contributed by atoms with van der Waals surface area (Å²) in [7, 11) is 0. The molecule has 2 atom stereocenters. The van der Waals surface area contributed by atoms with Gasteiger partial charge in [-0.1, -0.05) is 25.3 Å². The van der Waals surface area contributed by atoms with Gasteiger partial charge in [0, 0.05) is 17.8 Å². The van der Waals surface area contributed by atoms with Crippen molar-refractivity contribution in [3.63, 3.8) is 0 Å². The third-order valence-corrected chi connectivity index (χ3v) is 7.76. The van der Waals surface area contributed by atoms with Crippen molar-refractivity contribution in [2.45, 2.75) is 82.2 Å². The lowest BCUT2D eigenvalue weighted by molar-refractivity contribution is -0.150. The van der Waals surface area contributed by atoms with E-state index in [0.717, 1.165) is 44.9 Å². The number of amides is 2. The summed E-state index contributed by atoms with van der Waals surface area (Å²) < 4.78 is 0. The summed E-state index contributed by atoms with van der Waals surface area (Å²) >= 11 is 0. The fraction of sp³-hybridized carbons (Fsp3) is 0.696.